The Morgan fingerprint density at radius 2 is 1.88 bits per heavy atom. The molecule has 0 saturated heterocycles. The number of rotatable bonds is 10. The molecule has 0 unspecified atom stereocenters. The van der Waals surface area contributed by atoms with Crippen LogP contribution in [0.4, 0.5) is 0 Å². The Hall–Kier alpha value is -1.11. The third-order valence-electron chi connectivity index (χ3n) is 2.18. The van der Waals surface area contributed by atoms with Crippen LogP contribution in [0.15, 0.2) is 12.3 Å². The molecule has 0 aromatic carbocycles. The third kappa shape index (κ3) is 9.80. The van der Waals surface area contributed by atoms with Gasteiger partial charge in [-0.05, 0) is 46.6 Å². The molecule has 0 aromatic rings. The van der Waals surface area contributed by atoms with Gasteiger partial charge in [0.15, 0.2) is 0 Å². The van der Waals surface area contributed by atoms with Gasteiger partial charge < -0.3 is 15.5 Å². The molecule has 0 bridgehead atoms. The van der Waals surface area contributed by atoms with E-state index in [1.807, 2.05) is 0 Å². The molecule has 17 heavy (non-hydrogen) atoms. The van der Waals surface area contributed by atoms with Gasteiger partial charge in [0.2, 0.25) is 0 Å². The molecule has 0 rings (SSSR count). The second-order valence-electron chi connectivity index (χ2n) is 4.11. The Bertz CT molecular complexity index is 232. The van der Waals surface area contributed by atoms with Gasteiger partial charge in [-0.25, -0.2) is 0 Å². The van der Waals surface area contributed by atoms with Crippen LogP contribution in [-0.4, -0.2) is 56.3 Å². The molecule has 0 saturated carbocycles. The van der Waals surface area contributed by atoms with Crippen LogP contribution in [0, 0.1) is 0 Å². The lowest BCUT2D eigenvalue weighted by Crippen LogP contribution is -2.32. The van der Waals surface area contributed by atoms with Crippen LogP contribution >= 0.6 is 0 Å². The van der Waals surface area contributed by atoms with E-state index in [1.54, 1.807) is 5.48 Å². The Labute approximate surface area is 103 Å². The Balaban J connectivity index is 3.24. The van der Waals surface area contributed by atoms with Crippen molar-refractivity contribution in [1.29, 1.82) is 0 Å². The van der Waals surface area contributed by atoms with Crippen LogP contribution < -0.4 is 16.1 Å². The van der Waals surface area contributed by atoms with Crippen LogP contribution in [-0.2, 0) is 4.79 Å². The van der Waals surface area contributed by atoms with Crippen molar-refractivity contribution in [3.63, 3.8) is 0 Å². The van der Waals surface area contributed by atoms with E-state index in [1.165, 1.54) is 0 Å². The Kier molecular flexibility index (Phi) is 9.41. The molecule has 0 aliphatic heterocycles. The topological polar surface area (TPSA) is 76.6 Å². The van der Waals surface area contributed by atoms with Gasteiger partial charge in [-0.15, -0.1) is 0 Å². The van der Waals surface area contributed by atoms with Crippen LogP contribution in [0.2, 0.25) is 0 Å². The van der Waals surface area contributed by atoms with Crippen molar-refractivity contribution in [2.75, 3.05) is 40.3 Å². The zero-order valence-corrected chi connectivity index (χ0v) is 10.8. The number of hydroxylamine groups is 1. The average molecular weight is 244 g/mol. The largest absolute Gasteiger partial charge is 0.351 e. The number of carbonyl (C=O) groups excluding carboxylic acids is 1. The molecule has 0 fully saturated rings. The summed E-state index contributed by atoms with van der Waals surface area (Å²) in [5.74, 6) is -0.375. The highest BCUT2D eigenvalue weighted by Gasteiger charge is 2.03. The fraction of sp³-hybridized carbons (Fsp3) is 0.727. The molecule has 0 radical (unpaired) electrons. The van der Waals surface area contributed by atoms with Crippen molar-refractivity contribution in [2.24, 2.45) is 0 Å². The van der Waals surface area contributed by atoms with E-state index in [9.17, 15) is 4.79 Å². The maximum Gasteiger partial charge on any atom is 0.269 e. The molecule has 0 aromatic heterocycles. The molecular formula is C11H24N4O2. The molecule has 6 nitrogen and oxygen atoms in total. The second-order valence-corrected chi connectivity index (χ2v) is 4.11. The summed E-state index contributed by atoms with van der Waals surface area (Å²) < 4.78 is 0. The summed E-state index contributed by atoms with van der Waals surface area (Å²) in [6.45, 7) is 6.83. The number of amides is 1. The van der Waals surface area contributed by atoms with Crippen LogP contribution in [0.25, 0.3) is 0 Å². The fourth-order valence-electron chi connectivity index (χ4n) is 1.22. The van der Waals surface area contributed by atoms with Gasteiger partial charge in [0.1, 0.15) is 5.70 Å². The van der Waals surface area contributed by atoms with Crippen molar-refractivity contribution >= 4 is 5.91 Å². The average Bonchev–Trinajstić information content (AvgIpc) is 2.30. The monoisotopic (exact) mass is 244 g/mol. The smallest absolute Gasteiger partial charge is 0.269 e. The first-order valence-electron chi connectivity index (χ1n) is 5.80. The van der Waals surface area contributed by atoms with Crippen molar-refractivity contribution in [3.05, 3.63) is 12.3 Å². The van der Waals surface area contributed by atoms with Gasteiger partial charge in [-0.1, -0.05) is 6.58 Å². The molecule has 1 amide bonds. The first-order chi connectivity index (χ1) is 8.07. The zero-order valence-electron chi connectivity index (χ0n) is 10.8. The van der Waals surface area contributed by atoms with E-state index in [0.717, 1.165) is 32.5 Å². The first-order valence-corrected chi connectivity index (χ1v) is 5.80. The predicted molar refractivity (Wildman–Crippen MR) is 67.7 cm³/mol. The van der Waals surface area contributed by atoms with E-state index in [2.05, 4.69) is 36.2 Å². The molecule has 0 spiro atoms. The molecule has 100 valence electrons. The third-order valence-corrected chi connectivity index (χ3v) is 2.18. The van der Waals surface area contributed by atoms with Gasteiger partial charge in [0.05, 0.1) is 0 Å². The zero-order chi connectivity index (χ0) is 13.1. The summed E-state index contributed by atoms with van der Waals surface area (Å²) in [6, 6.07) is 0. The van der Waals surface area contributed by atoms with Crippen LogP contribution in [0.1, 0.15) is 12.8 Å². The fourth-order valence-corrected chi connectivity index (χ4v) is 1.22. The minimum absolute atomic E-state index is 0.0380. The normalized spacial score (nSPS) is 10.4. The summed E-state index contributed by atoms with van der Waals surface area (Å²) in [5.41, 5.74) is 1.68. The van der Waals surface area contributed by atoms with Crippen LogP contribution in [0.5, 0.6) is 0 Å². The van der Waals surface area contributed by atoms with Gasteiger partial charge >= 0.3 is 0 Å². The standard InChI is InChI=1S/C11H24N4O2/c1-10(14-17)11(16)13-8-4-6-12-7-5-9-15(2)3/h12,14,17H,1,4-9H2,2-3H3,(H,13,16). The van der Waals surface area contributed by atoms with E-state index in [-0.39, 0.29) is 11.6 Å². The van der Waals surface area contributed by atoms with E-state index in [0.29, 0.717) is 6.54 Å². The lowest BCUT2D eigenvalue weighted by Gasteiger charge is -2.10. The highest BCUT2D eigenvalue weighted by atomic mass is 16.5. The highest BCUT2D eigenvalue weighted by Crippen LogP contribution is 1.83. The van der Waals surface area contributed by atoms with Gasteiger partial charge in [-0.3, -0.25) is 15.5 Å². The maximum atomic E-state index is 11.1. The van der Waals surface area contributed by atoms with E-state index in [4.69, 9.17) is 5.21 Å². The molecule has 4 N–H and O–H groups in total. The van der Waals surface area contributed by atoms with Gasteiger partial charge in [-0.2, -0.15) is 0 Å². The van der Waals surface area contributed by atoms with Gasteiger partial charge in [0, 0.05) is 6.54 Å². The number of nitrogens with one attached hydrogen (secondary N) is 3. The molecule has 0 heterocycles. The highest BCUT2D eigenvalue weighted by molar-refractivity contribution is 5.91. The molecule has 6 heteroatoms. The quantitative estimate of drug-likeness (QED) is 0.237. The Morgan fingerprint density at radius 1 is 1.24 bits per heavy atom. The van der Waals surface area contributed by atoms with E-state index >= 15 is 0 Å². The maximum absolute atomic E-state index is 11.1. The Morgan fingerprint density at radius 3 is 2.47 bits per heavy atom. The number of hydrogen-bond donors (Lipinski definition) is 4. The van der Waals surface area contributed by atoms with Crippen LogP contribution in [0.3, 0.4) is 0 Å². The van der Waals surface area contributed by atoms with Gasteiger partial charge in [0.25, 0.3) is 5.91 Å². The van der Waals surface area contributed by atoms with Crippen molar-refractivity contribution in [3.8, 4) is 0 Å². The number of nitrogens with zero attached hydrogens (tertiary/aromatic N) is 1. The SMILES string of the molecule is C=C(NO)C(=O)NCCCNCCCN(C)C. The summed E-state index contributed by atoms with van der Waals surface area (Å²) in [7, 11) is 4.11. The first kappa shape index (κ1) is 15.9. The summed E-state index contributed by atoms with van der Waals surface area (Å²) in [4.78, 5) is 13.3. The van der Waals surface area contributed by atoms with Crippen molar-refractivity contribution in [1.82, 2.24) is 21.0 Å². The molecule has 0 aliphatic carbocycles. The van der Waals surface area contributed by atoms with Crippen molar-refractivity contribution in [2.45, 2.75) is 12.8 Å². The summed E-state index contributed by atoms with van der Waals surface area (Å²) >= 11 is 0. The lowest BCUT2D eigenvalue weighted by molar-refractivity contribution is -0.118. The van der Waals surface area contributed by atoms with E-state index < -0.39 is 0 Å². The number of carbonyl (C=O) groups is 1. The predicted octanol–water partition coefficient (Wildman–Crippen LogP) is -0.473. The lowest BCUT2D eigenvalue weighted by atomic mass is 10.3. The minimum Gasteiger partial charge on any atom is -0.351 e. The summed E-state index contributed by atoms with van der Waals surface area (Å²) in [5, 5.41) is 14.3. The number of hydrogen-bond acceptors (Lipinski definition) is 5. The van der Waals surface area contributed by atoms with Crippen molar-refractivity contribution < 1.29 is 10.0 Å². The molecule has 0 aliphatic rings. The minimum atomic E-state index is -0.375. The molecule has 0 atom stereocenters. The summed E-state index contributed by atoms with van der Waals surface area (Å²) in [6.07, 6.45) is 1.97. The molecular weight excluding hydrogens is 220 g/mol. The second kappa shape index (κ2) is 10.1.